The first-order valence-corrected chi connectivity index (χ1v) is 8.71. The van der Waals surface area contributed by atoms with Gasteiger partial charge in [-0.2, -0.15) is 10.2 Å². The molecular weight excluding hydrogens is 453 g/mol. The van der Waals surface area contributed by atoms with E-state index in [2.05, 4.69) is 50.1 Å². The second kappa shape index (κ2) is 10.7. The van der Waals surface area contributed by atoms with E-state index in [-0.39, 0.29) is 24.0 Å². The van der Waals surface area contributed by atoms with Crippen LogP contribution in [0.2, 0.25) is 0 Å². The molecule has 0 saturated carbocycles. The number of aromatic nitrogens is 4. The Bertz CT molecular complexity index is 839. The smallest absolute Gasteiger partial charge is 0.191 e. The van der Waals surface area contributed by atoms with E-state index in [1.54, 1.807) is 13.2 Å². The van der Waals surface area contributed by atoms with Crippen LogP contribution in [-0.2, 0) is 26.6 Å². The van der Waals surface area contributed by atoms with E-state index < -0.39 is 0 Å². The molecule has 2 aromatic heterocycles. The number of hydrogen-bond acceptors (Lipinski definition) is 3. The van der Waals surface area contributed by atoms with Crippen LogP contribution in [0.25, 0.3) is 0 Å². The van der Waals surface area contributed by atoms with E-state index in [1.807, 2.05) is 41.1 Å². The maximum Gasteiger partial charge on any atom is 0.191 e. The summed E-state index contributed by atoms with van der Waals surface area (Å²) in [6.45, 7) is 2.28. The summed E-state index contributed by atoms with van der Waals surface area (Å²) in [5, 5.41) is 15.2. The molecule has 2 heterocycles. The molecule has 27 heavy (non-hydrogen) atoms. The van der Waals surface area contributed by atoms with E-state index in [9.17, 15) is 0 Å². The van der Waals surface area contributed by atoms with Crippen molar-refractivity contribution in [2.75, 3.05) is 13.6 Å². The summed E-state index contributed by atoms with van der Waals surface area (Å²) in [5.74, 6) is 0.794. The predicted octanol–water partition coefficient (Wildman–Crippen LogP) is 2.19. The molecule has 0 radical (unpaired) electrons. The molecule has 0 atom stereocenters. The monoisotopic (exact) mass is 479 g/mol. The zero-order chi connectivity index (χ0) is 18.2. The van der Waals surface area contributed by atoms with E-state index >= 15 is 0 Å². The minimum Gasteiger partial charge on any atom is -0.356 e. The van der Waals surface area contributed by atoms with Crippen LogP contribution in [0.15, 0.2) is 60.1 Å². The minimum absolute atomic E-state index is 0. The second-order valence-electron chi connectivity index (χ2n) is 6.10. The lowest BCUT2D eigenvalue weighted by Crippen LogP contribution is -2.38. The summed E-state index contributed by atoms with van der Waals surface area (Å²) in [6.07, 6.45) is 8.61. The van der Waals surface area contributed by atoms with Gasteiger partial charge in [0.25, 0.3) is 0 Å². The van der Waals surface area contributed by atoms with Crippen LogP contribution in [0.5, 0.6) is 0 Å². The van der Waals surface area contributed by atoms with Gasteiger partial charge in [-0.3, -0.25) is 14.4 Å². The maximum atomic E-state index is 4.30. The number of guanidine groups is 1. The van der Waals surface area contributed by atoms with Gasteiger partial charge in [0.2, 0.25) is 0 Å². The fourth-order valence-electron chi connectivity index (χ4n) is 2.78. The van der Waals surface area contributed by atoms with Gasteiger partial charge < -0.3 is 10.6 Å². The van der Waals surface area contributed by atoms with Crippen molar-refractivity contribution in [1.82, 2.24) is 30.2 Å². The van der Waals surface area contributed by atoms with Crippen LogP contribution in [0.3, 0.4) is 0 Å². The molecule has 0 aliphatic carbocycles. The Morgan fingerprint density at radius 1 is 1.11 bits per heavy atom. The van der Waals surface area contributed by atoms with Crippen LogP contribution >= 0.6 is 24.0 Å². The van der Waals surface area contributed by atoms with E-state index in [4.69, 9.17) is 0 Å². The normalized spacial score (nSPS) is 11.1. The summed E-state index contributed by atoms with van der Waals surface area (Å²) >= 11 is 0. The number of halogens is 1. The Kier molecular flexibility index (Phi) is 8.31. The average Bonchev–Trinajstić information content (AvgIpc) is 3.31. The predicted molar refractivity (Wildman–Crippen MR) is 118 cm³/mol. The molecule has 3 rings (SSSR count). The molecule has 1 aromatic carbocycles. The fourth-order valence-corrected chi connectivity index (χ4v) is 2.78. The highest BCUT2D eigenvalue weighted by Crippen LogP contribution is 2.10. The highest BCUT2D eigenvalue weighted by Gasteiger charge is 2.05. The number of rotatable bonds is 7. The second-order valence-corrected chi connectivity index (χ2v) is 6.10. The minimum atomic E-state index is 0. The highest BCUT2D eigenvalue weighted by atomic mass is 127. The van der Waals surface area contributed by atoms with Crippen LogP contribution < -0.4 is 10.6 Å². The quantitative estimate of drug-likeness (QED) is 0.310. The molecule has 0 unspecified atom stereocenters. The zero-order valence-corrected chi connectivity index (χ0v) is 18.0. The molecule has 0 amide bonds. The summed E-state index contributed by atoms with van der Waals surface area (Å²) < 4.78 is 3.75. The lowest BCUT2D eigenvalue weighted by molar-refractivity contribution is 0.677. The maximum absolute atomic E-state index is 4.30. The molecule has 0 saturated heterocycles. The van der Waals surface area contributed by atoms with E-state index in [0.717, 1.165) is 25.5 Å². The standard InChI is InChI=1S/C19H25N7.HI/c1-20-19(21-10-8-16-12-24-25(2)14-16)22-13-17-6-3-4-7-18(17)15-26-11-5-9-23-26;/h3-7,9,11-12,14H,8,10,13,15H2,1-2H3,(H2,20,21,22);1H. The summed E-state index contributed by atoms with van der Waals surface area (Å²) in [4.78, 5) is 4.30. The summed E-state index contributed by atoms with van der Waals surface area (Å²) in [6, 6.07) is 10.3. The van der Waals surface area contributed by atoms with Crippen LogP contribution in [-0.4, -0.2) is 39.1 Å². The van der Waals surface area contributed by atoms with Gasteiger partial charge in [-0.05, 0) is 29.2 Å². The molecule has 0 aliphatic rings. The molecule has 0 aliphatic heterocycles. The van der Waals surface area contributed by atoms with Crippen LogP contribution in [0.4, 0.5) is 0 Å². The largest absolute Gasteiger partial charge is 0.356 e. The number of benzene rings is 1. The SMILES string of the molecule is CN=C(NCCc1cnn(C)c1)NCc1ccccc1Cn1cccn1.I. The average molecular weight is 479 g/mol. The topological polar surface area (TPSA) is 72.1 Å². The van der Waals surface area contributed by atoms with Crippen molar-refractivity contribution in [2.45, 2.75) is 19.5 Å². The van der Waals surface area contributed by atoms with Crippen molar-refractivity contribution in [2.24, 2.45) is 12.0 Å². The molecule has 0 spiro atoms. The van der Waals surface area contributed by atoms with Gasteiger partial charge in [-0.1, -0.05) is 24.3 Å². The lowest BCUT2D eigenvalue weighted by atomic mass is 10.1. The van der Waals surface area contributed by atoms with Gasteiger partial charge in [0.05, 0.1) is 12.7 Å². The third-order valence-electron chi connectivity index (χ3n) is 4.14. The molecule has 0 bridgehead atoms. The van der Waals surface area contributed by atoms with Crippen molar-refractivity contribution >= 4 is 29.9 Å². The molecular formula is C19H26IN7. The Labute approximate surface area is 176 Å². The molecule has 8 heteroatoms. The van der Waals surface area contributed by atoms with E-state index in [1.165, 1.54) is 16.7 Å². The van der Waals surface area contributed by atoms with Crippen molar-refractivity contribution < 1.29 is 0 Å². The summed E-state index contributed by atoms with van der Waals surface area (Å²) in [7, 11) is 3.72. The number of aliphatic imine (C=N–C) groups is 1. The Morgan fingerprint density at radius 3 is 2.59 bits per heavy atom. The Hall–Kier alpha value is -2.36. The van der Waals surface area contributed by atoms with Crippen LogP contribution in [0.1, 0.15) is 16.7 Å². The third-order valence-corrected chi connectivity index (χ3v) is 4.14. The van der Waals surface area contributed by atoms with Gasteiger partial charge in [0.15, 0.2) is 5.96 Å². The number of hydrogen-bond donors (Lipinski definition) is 2. The fraction of sp³-hybridized carbons (Fsp3) is 0.316. The first-order chi connectivity index (χ1) is 12.7. The Balaban J connectivity index is 0.00000261. The van der Waals surface area contributed by atoms with Crippen molar-refractivity contribution in [3.63, 3.8) is 0 Å². The number of nitrogens with one attached hydrogen (secondary N) is 2. The first kappa shape index (κ1) is 20.9. The van der Waals surface area contributed by atoms with Crippen molar-refractivity contribution in [3.8, 4) is 0 Å². The molecule has 144 valence electrons. The molecule has 2 N–H and O–H groups in total. The highest BCUT2D eigenvalue weighted by molar-refractivity contribution is 14.0. The van der Waals surface area contributed by atoms with Crippen LogP contribution in [0, 0.1) is 0 Å². The Morgan fingerprint density at radius 2 is 1.93 bits per heavy atom. The number of aryl methyl sites for hydroxylation is 1. The van der Waals surface area contributed by atoms with Crippen molar-refractivity contribution in [3.05, 3.63) is 71.8 Å². The molecule has 0 fully saturated rings. The number of nitrogens with zero attached hydrogens (tertiary/aromatic N) is 5. The third kappa shape index (κ3) is 6.38. The van der Waals surface area contributed by atoms with Gasteiger partial charge in [-0.25, -0.2) is 0 Å². The molecule has 7 nitrogen and oxygen atoms in total. The van der Waals surface area contributed by atoms with Gasteiger partial charge in [0, 0.05) is 45.8 Å². The van der Waals surface area contributed by atoms with E-state index in [0.29, 0.717) is 6.54 Å². The van der Waals surface area contributed by atoms with Gasteiger partial charge in [0.1, 0.15) is 0 Å². The zero-order valence-electron chi connectivity index (χ0n) is 15.7. The van der Waals surface area contributed by atoms with Crippen molar-refractivity contribution in [1.29, 1.82) is 0 Å². The lowest BCUT2D eigenvalue weighted by Gasteiger charge is -2.14. The van der Waals surface area contributed by atoms with Gasteiger partial charge >= 0.3 is 0 Å². The summed E-state index contributed by atoms with van der Waals surface area (Å²) in [5.41, 5.74) is 3.69. The van der Waals surface area contributed by atoms with Gasteiger partial charge in [-0.15, -0.1) is 24.0 Å². The first-order valence-electron chi connectivity index (χ1n) is 8.71. The molecule has 3 aromatic rings.